The fourth-order valence-corrected chi connectivity index (χ4v) is 0.606. The molecule has 0 aliphatic rings. The average molecular weight is 213 g/mol. The van der Waals surface area contributed by atoms with Crippen molar-refractivity contribution in [2.75, 3.05) is 7.05 Å². The molecule has 0 saturated carbocycles. The van der Waals surface area contributed by atoms with Gasteiger partial charge < -0.3 is 4.84 Å². The molecule has 0 fully saturated rings. The second-order valence-electron chi connectivity index (χ2n) is 1.62. The highest BCUT2D eigenvalue weighted by Crippen LogP contribution is 2.05. The Morgan fingerprint density at radius 1 is 0.800 bits per heavy atom. The molecule has 0 bridgehead atoms. The molecule has 0 aliphatic carbocycles. The van der Waals surface area contributed by atoms with Crippen LogP contribution in [0.3, 0.4) is 0 Å². The standard InChI is InChI=1S/C7H9NO.3C2H6/c1-8-9-7-5-3-2-4-6-7;3*1-2/h2-6,8H,1H3;3*1-2H3. The van der Waals surface area contributed by atoms with Gasteiger partial charge in [0, 0.05) is 7.05 Å². The molecule has 0 aliphatic heterocycles. The van der Waals surface area contributed by atoms with E-state index in [-0.39, 0.29) is 0 Å². The van der Waals surface area contributed by atoms with Crippen LogP contribution in [0.1, 0.15) is 41.5 Å². The smallest absolute Gasteiger partial charge is 0.147 e. The Hall–Kier alpha value is -1.02. The first kappa shape index (κ1) is 19.5. The van der Waals surface area contributed by atoms with Gasteiger partial charge in [0.15, 0.2) is 0 Å². The van der Waals surface area contributed by atoms with Gasteiger partial charge in [0.2, 0.25) is 0 Å². The van der Waals surface area contributed by atoms with E-state index in [4.69, 9.17) is 4.84 Å². The van der Waals surface area contributed by atoms with Gasteiger partial charge in [-0.15, -0.1) is 0 Å². The lowest BCUT2D eigenvalue weighted by Gasteiger charge is -1.99. The van der Waals surface area contributed by atoms with Gasteiger partial charge in [-0.1, -0.05) is 59.7 Å². The molecule has 90 valence electrons. The molecule has 1 aromatic rings. The summed E-state index contributed by atoms with van der Waals surface area (Å²) in [6.45, 7) is 12.0. The minimum atomic E-state index is 0.833. The van der Waals surface area contributed by atoms with Gasteiger partial charge in [-0.05, 0) is 12.1 Å². The van der Waals surface area contributed by atoms with Crippen LogP contribution in [0.4, 0.5) is 0 Å². The Morgan fingerprint density at radius 2 is 1.20 bits per heavy atom. The zero-order chi connectivity index (χ0) is 12.5. The molecule has 0 spiro atoms. The largest absolute Gasteiger partial charge is 0.409 e. The Kier molecular flexibility index (Phi) is 30.1. The highest BCUT2D eigenvalue weighted by Gasteiger charge is 1.84. The van der Waals surface area contributed by atoms with Crippen LogP contribution >= 0.6 is 0 Å². The summed E-state index contributed by atoms with van der Waals surface area (Å²) in [5.41, 5.74) is 2.58. The summed E-state index contributed by atoms with van der Waals surface area (Å²) in [6, 6.07) is 9.56. The van der Waals surface area contributed by atoms with Crippen molar-refractivity contribution in [1.82, 2.24) is 5.48 Å². The van der Waals surface area contributed by atoms with Crippen molar-refractivity contribution < 1.29 is 4.84 Å². The molecule has 0 atom stereocenters. The normalized spacial score (nSPS) is 6.60. The molecule has 1 aromatic carbocycles. The molecule has 0 heterocycles. The molecule has 1 rings (SSSR count). The zero-order valence-electron chi connectivity index (χ0n) is 11.3. The van der Waals surface area contributed by atoms with Crippen LogP contribution in [0.15, 0.2) is 30.3 Å². The van der Waals surface area contributed by atoms with Crippen LogP contribution in [-0.4, -0.2) is 7.05 Å². The van der Waals surface area contributed by atoms with Crippen molar-refractivity contribution in [3.05, 3.63) is 30.3 Å². The third kappa shape index (κ3) is 15.7. The van der Waals surface area contributed by atoms with E-state index in [1.807, 2.05) is 71.9 Å². The second-order valence-corrected chi connectivity index (χ2v) is 1.62. The van der Waals surface area contributed by atoms with Gasteiger partial charge in [-0.3, -0.25) is 0 Å². The highest BCUT2D eigenvalue weighted by atomic mass is 16.6. The van der Waals surface area contributed by atoms with E-state index >= 15 is 0 Å². The van der Waals surface area contributed by atoms with E-state index in [9.17, 15) is 0 Å². The van der Waals surface area contributed by atoms with Crippen molar-refractivity contribution in [3.63, 3.8) is 0 Å². The summed E-state index contributed by atoms with van der Waals surface area (Å²) in [5, 5.41) is 0. The van der Waals surface area contributed by atoms with Crippen molar-refractivity contribution in [3.8, 4) is 5.75 Å². The minimum Gasteiger partial charge on any atom is -0.409 e. The van der Waals surface area contributed by atoms with Crippen LogP contribution in [0.5, 0.6) is 5.75 Å². The van der Waals surface area contributed by atoms with Gasteiger partial charge in [0.05, 0.1) is 0 Å². The monoisotopic (exact) mass is 213 g/mol. The lowest BCUT2D eigenvalue weighted by atomic mass is 10.3. The van der Waals surface area contributed by atoms with E-state index in [2.05, 4.69) is 5.48 Å². The third-order valence-corrected chi connectivity index (χ3v) is 0.963. The van der Waals surface area contributed by atoms with Gasteiger partial charge in [-0.2, -0.15) is 5.48 Å². The molecular weight excluding hydrogens is 186 g/mol. The summed E-state index contributed by atoms with van der Waals surface area (Å²) in [6.07, 6.45) is 0. The Balaban J connectivity index is -0.000000208. The van der Waals surface area contributed by atoms with Crippen LogP contribution in [0.2, 0.25) is 0 Å². The van der Waals surface area contributed by atoms with Crippen LogP contribution in [0, 0.1) is 0 Å². The predicted molar refractivity (Wildman–Crippen MR) is 70.2 cm³/mol. The molecule has 0 radical (unpaired) electrons. The quantitative estimate of drug-likeness (QED) is 0.740. The van der Waals surface area contributed by atoms with Gasteiger partial charge in [-0.25, -0.2) is 0 Å². The SMILES string of the molecule is CC.CC.CC.CNOc1ccccc1. The number of benzene rings is 1. The summed E-state index contributed by atoms with van der Waals surface area (Å²) >= 11 is 0. The van der Waals surface area contributed by atoms with Crippen LogP contribution in [0.25, 0.3) is 0 Å². The predicted octanol–water partition coefficient (Wildman–Crippen LogP) is 4.28. The van der Waals surface area contributed by atoms with Crippen molar-refractivity contribution >= 4 is 0 Å². The highest BCUT2D eigenvalue weighted by molar-refractivity contribution is 5.20. The number of hydrogen-bond donors (Lipinski definition) is 1. The van der Waals surface area contributed by atoms with Gasteiger partial charge in [0.1, 0.15) is 5.75 Å². The molecule has 2 nitrogen and oxygen atoms in total. The maximum Gasteiger partial charge on any atom is 0.147 e. The fraction of sp³-hybridized carbons (Fsp3) is 0.538. The van der Waals surface area contributed by atoms with Crippen molar-refractivity contribution in [1.29, 1.82) is 0 Å². The van der Waals surface area contributed by atoms with Gasteiger partial charge in [0.25, 0.3) is 0 Å². The summed E-state index contributed by atoms with van der Waals surface area (Å²) in [7, 11) is 1.73. The van der Waals surface area contributed by atoms with Crippen LogP contribution in [-0.2, 0) is 0 Å². The first-order valence-electron chi connectivity index (χ1n) is 5.82. The molecule has 0 saturated heterocycles. The topological polar surface area (TPSA) is 21.3 Å². The fourth-order valence-electron chi connectivity index (χ4n) is 0.606. The zero-order valence-corrected chi connectivity index (χ0v) is 11.3. The molecular formula is C13H27NO. The molecule has 15 heavy (non-hydrogen) atoms. The number of rotatable bonds is 2. The Labute approximate surface area is 95.6 Å². The van der Waals surface area contributed by atoms with E-state index in [1.54, 1.807) is 7.05 Å². The molecule has 2 heteroatoms. The molecule has 0 aromatic heterocycles. The van der Waals surface area contributed by atoms with Crippen molar-refractivity contribution in [2.45, 2.75) is 41.5 Å². The Bertz CT molecular complexity index is 163. The minimum absolute atomic E-state index is 0.833. The maximum atomic E-state index is 4.96. The number of hydrogen-bond acceptors (Lipinski definition) is 2. The van der Waals surface area contributed by atoms with E-state index < -0.39 is 0 Å². The first-order chi connectivity index (χ1) is 7.43. The molecule has 0 amide bonds. The Morgan fingerprint density at radius 3 is 1.53 bits per heavy atom. The number of hydroxylamine groups is 1. The second kappa shape index (κ2) is 23.1. The average Bonchev–Trinajstić information content (AvgIpc) is 2.38. The summed E-state index contributed by atoms with van der Waals surface area (Å²) in [5.74, 6) is 0.833. The summed E-state index contributed by atoms with van der Waals surface area (Å²) < 4.78 is 0. The maximum absolute atomic E-state index is 4.96. The number of para-hydroxylation sites is 1. The van der Waals surface area contributed by atoms with Crippen molar-refractivity contribution in [2.24, 2.45) is 0 Å². The van der Waals surface area contributed by atoms with Gasteiger partial charge >= 0.3 is 0 Å². The lowest BCUT2D eigenvalue weighted by molar-refractivity contribution is 0.224. The van der Waals surface area contributed by atoms with E-state index in [0.29, 0.717) is 0 Å². The third-order valence-electron chi connectivity index (χ3n) is 0.963. The molecule has 1 N–H and O–H groups in total. The lowest BCUT2D eigenvalue weighted by Crippen LogP contribution is -2.10. The molecule has 0 unspecified atom stereocenters. The van der Waals surface area contributed by atoms with E-state index in [1.165, 1.54) is 0 Å². The van der Waals surface area contributed by atoms with Crippen LogP contribution < -0.4 is 10.3 Å². The summed E-state index contributed by atoms with van der Waals surface area (Å²) in [4.78, 5) is 4.96. The van der Waals surface area contributed by atoms with E-state index in [0.717, 1.165) is 5.75 Å². The number of nitrogens with one attached hydrogen (secondary N) is 1. The first-order valence-corrected chi connectivity index (χ1v) is 5.82.